The van der Waals surface area contributed by atoms with Gasteiger partial charge in [-0.1, -0.05) is 0 Å². The van der Waals surface area contributed by atoms with Gasteiger partial charge in [0.15, 0.2) is 5.76 Å². The molecule has 1 saturated carbocycles. The third-order valence-electron chi connectivity index (χ3n) is 4.07. The lowest BCUT2D eigenvalue weighted by molar-refractivity contribution is 0.0898. The number of nitrogens with two attached hydrogens (primary N) is 1. The van der Waals surface area contributed by atoms with Crippen LogP contribution in [0.2, 0.25) is 0 Å². The molecule has 0 spiro atoms. The van der Waals surface area contributed by atoms with E-state index in [-0.39, 0.29) is 42.0 Å². The summed E-state index contributed by atoms with van der Waals surface area (Å²) in [5, 5.41) is 2.98. The van der Waals surface area contributed by atoms with Crippen LogP contribution in [0.5, 0.6) is 0 Å². The summed E-state index contributed by atoms with van der Waals surface area (Å²) in [6.07, 6.45) is 3.67. The van der Waals surface area contributed by atoms with Gasteiger partial charge in [0, 0.05) is 17.6 Å². The Bertz CT molecular complexity index is 649. The zero-order valence-electron chi connectivity index (χ0n) is 12.6. The molecule has 1 fully saturated rings. The highest BCUT2D eigenvalue weighted by atomic mass is 35.5. The number of nitrogens with one attached hydrogen (secondary N) is 1. The van der Waals surface area contributed by atoms with E-state index in [4.69, 9.17) is 10.2 Å². The van der Waals surface area contributed by atoms with Crippen molar-refractivity contribution in [3.63, 3.8) is 0 Å². The van der Waals surface area contributed by atoms with Crippen LogP contribution in [0.3, 0.4) is 0 Å². The Hall–Kier alpha value is -1.85. The molecular formula is C17H20ClFN2O2. The highest BCUT2D eigenvalue weighted by molar-refractivity contribution is 5.92. The molecule has 23 heavy (non-hydrogen) atoms. The molecule has 4 nitrogen and oxygen atoms in total. The highest BCUT2D eigenvalue weighted by Crippen LogP contribution is 2.23. The molecule has 1 aliphatic carbocycles. The first-order valence-electron chi connectivity index (χ1n) is 7.54. The molecule has 1 aromatic heterocycles. The van der Waals surface area contributed by atoms with Gasteiger partial charge in [-0.3, -0.25) is 4.79 Å². The average molecular weight is 339 g/mol. The summed E-state index contributed by atoms with van der Waals surface area (Å²) in [5.41, 5.74) is 6.60. The minimum absolute atomic E-state index is 0. The molecule has 0 atom stereocenters. The Kier molecular flexibility index (Phi) is 5.80. The maximum atomic E-state index is 12.9. The van der Waals surface area contributed by atoms with E-state index >= 15 is 0 Å². The lowest BCUT2D eigenvalue weighted by Crippen LogP contribution is -2.40. The Labute approximate surface area is 140 Å². The van der Waals surface area contributed by atoms with Crippen molar-refractivity contribution in [2.45, 2.75) is 37.8 Å². The summed E-state index contributed by atoms with van der Waals surface area (Å²) in [5.74, 6) is 0.308. The number of hydrogen-bond acceptors (Lipinski definition) is 3. The Morgan fingerprint density at radius 3 is 2.39 bits per heavy atom. The van der Waals surface area contributed by atoms with Crippen molar-refractivity contribution < 1.29 is 13.6 Å². The molecule has 2 aromatic rings. The number of halogens is 2. The molecule has 1 aliphatic rings. The maximum Gasteiger partial charge on any atom is 0.287 e. The minimum atomic E-state index is -0.302. The van der Waals surface area contributed by atoms with Crippen LogP contribution in [-0.2, 0) is 0 Å². The van der Waals surface area contributed by atoms with Crippen LogP contribution in [-0.4, -0.2) is 18.0 Å². The second-order valence-electron chi connectivity index (χ2n) is 5.76. The van der Waals surface area contributed by atoms with Crippen LogP contribution in [0.1, 0.15) is 36.2 Å². The molecule has 3 rings (SSSR count). The fourth-order valence-electron chi connectivity index (χ4n) is 2.75. The second-order valence-corrected chi connectivity index (χ2v) is 5.76. The van der Waals surface area contributed by atoms with Gasteiger partial charge in [-0.25, -0.2) is 4.39 Å². The quantitative estimate of drug-likeness (QED) is 0.899. The third-order valence-corrected chi connectivity index (χ3v) is 4.07. The smallest absolute Gasteiger partial charge is 0.287 e. The second kappa shape index (κ2) is 7.62. The molecular weight excluding hydrogens is 319 g/mol. The van der Waals surface area contributed by atoms with Gasteiger partial charge in [0.05, 0.1) is 0 Å². The number of hydrogen-bond donors (Lipinski definition) is 2. The SMILES string of the molecule is Cl.NC1CCC(NC(=O)c2ccc(-c3ccc(F)cc3)o2)CC1. The number of rotatable bonds is 3. The molecule has 0 unspecified atom stereocenters. The Balaban J connectivity index is 0.00000192. The summed E-state index contributed by atoms with van der Waals surface area (Å²) in [6.45, 7) is 0. The van der Waals surface area contributed by atoms with E-state index in [0.717, 1.165) is 31.2 Å². The summed E-state index contributed by atoms with van der Waals surface area (Å²) < 4.78 is 18.5. The molecule has 3 N–H and O–H groups in total. The Morgan fingerprint density at radius 1 is 1.09 bits per heavy atom. The molecule has 0 aliphatic heterocycles. The van der Waals surface area contributed by atoms with Crippen molar-refractivity contribution in [1.29, 1.82) is 0 Å². The van der Waals surface area contributed by atoms with E-state index in [1.54, 1.807) is 24.3 Å². The lowest BCUT2D eigenvalue weighted by atomic mass is 9.92. The molecule has 124 valence electrons. The van der Waals surface area contributed by atoms with E-state index in [0.29, 0.717) is 5.76 Å². The molecule has 0 radical (unpaired) electrons. The maximum absolute atomic E-state index is 12.9. The van der Waals surface area contributed by atoms with Gasteiger partial charge in [-0.05, 0) is 62.1 Å². The Morgan fingerprint density at radius 2 is 1.74 bits per heavy atom. The van der Waals surface area contributed by atoms with Crippen LogP contribution in [0.25, 0.3) is 11.3 Å². The summed E-state index contributed by atoms with van der Waals surface area (Å²) >= 11 is 0. The lowest BCUT2D eigenvalue weighted by Gasteiger charge is -2.26. The van der Waals surface area contributed by atoms with E-state index < -0.39 is 0 Å². The first kappa shape index (κ1) is 17.5. The number of furan rings is 1. The zero-order chi connectivity index (χ0) is 15.5. The van der Waals surface area contributed by atoms with Gasteiger partial charge in [-0.15, -0.1) is 12.4 Å². The van der Waals surface area contributed by atoms with Crippen molar-refractivity contribution in [1.82, 2.24) is 5.32 Å². The van der Waals surface area contributed by atoms with Crippen molar-refractivity contribution in [3.05, 3.63) is 48.0 Å². The standard InChI is InChI=1S/C17H19FN2O2.ClH/c18-12-3-1-11(2-4-12)15-9-10-16(22-15)17(21)20-14-7-5-13(19)6-8-14;/h1-4,9-10,13-14H,5-8,19H2,(H,20,21);1H. The number of carbonyl (C=O) groups excluding carboxylic acids is 1. The fraction of sp³-hybridized carbons (Fsp3) is 0.353. The van der Waals surface area contributed by atoms with Crippen molar-refractivity contribution in [3.8, 4) is 11.3 Å². The largest absolute Gasteiger partial charge is 0.451 e. The average Bonchev–Trinajstić information content (AvgIpc) is 3.00. The van der Waals surface area contributed by atoms with E-state index in [1.165, 1.54) is 12.1 Å². The predicted octanol–water partition coefficient (Wildman–Crippen LogP) is 3.51. The van der Waals surface area contributed by atoms with Crippen LogP contribution < -0.4 is 11.1 Å². The summed E-state index contributed by atoms with van der Waals surface area (Å²) in [6, 6.07) is 9.75. The van der Waals surface area contributed by atoms with Gasteiger partial charge in [-0.2, -0.15) is 0 Å². The van der Waals surface area contributed by atoms with Crippen LogP contribution in [0, 0.1) is 5.82 Å². The minimum Gasteiger partial charge on any atom is -0.451 e. The van der Waals surface area contributed by atoms with Crippen LogP contribution in [0.15, 0.2) is 40.8 Å². The number of benzene rings is 1. The van der Waals surface area contributed by atoms with Crippen molar-refractivity contribution in [2.24, 2.45) is 5.73 Å². The van der Waals surface area contributed by atoms with Crippen LogP contribution in [0.4, 0.5) is 4.39 Å². The molecule has 0 saturated heterocycles. The van der Waals surface area contributed by atoms with Gasteiger partial charge in [0.2, 0.25) is 0 Å². The molecule has 1 aromatic carbocycles. The van der Waals surface area contributed by atoms with E-state index in [1.807, 2.05) is 0 Å². The summed E-state index contributed by atoms with van der Waals surface area (Å²) in [4.78, 5) is 12.2. The van der Waals surface area contributed by atoms with Crippen molar-refractivity contribution >= 4 is 18.3 Å². The van der Waals surface area contributed by atoms with Gasteiger partial charge >= 0.3 is 0 Å². The fourth-order valence-corrected chi connectivity index (χ4v) is 2.75. The van der Waals surface area contributed by atoms with Gasteiger partial charge in [0.25, 0.3) is 5.91 Å². The number of amides is 1. The first-order chi connectivity index (χ1) is 10.6. The van der Waals surface area contributed by atoms with E-state index in [2.05, 4.69) is 5.32 Å². The number of carbonyl (C=O) groups is 1. The monoisotopic (exact) mass is 338 g/mol. The van der Waals surface area contributed by atoms with Gasteiger partial charge < -0.3 is 15.5 Å². The first-order valence-corrected chi connectivity index (χ1v) is 7.54. The van der Waals surface area contributed by atoms with E-state index in [9.17, 15) is 9.18 Å². The van der Waals surface area contributed by atoms with Gasteiger partial charge in [0.1, 0.15) is 11.6 Å². The van der Waals surface area contributed by atoms with Crippen LogP contribution >= 0.6 is 12.4 Å². The van der Waals surface area contributed by atoms with Crippen molar-refractivity contribution in [2.75, 3.05) is 0 Å². The molecule has 6 heteroatoms. The molecule has 1 amide bonds. The summed E-state index contributed by atoms with van der Waals surface area (Å²) in [7, 11) is 0. The topological polar surface area (TPSA) is 68.3 Å². The zero-order valence-corrected chi connectivity index (χ0v) is 13.4. The molecule has 0 bridgehead atoms. The highest BCUT2D eigenvalue weighted by Gasteiger charge is 2.22. The molecule has 1 heterocycles. The third kappa shape index (κ3) is 4.33. The predicted molar refractivity (Wildman–Crippen MR) is 89.0 cm³/mol. The normalized spacial score (nSPS) is 20.6.